The van der Waals surface area contributed by atoms with E-state index in [4.69, 9.17) is 0 Å². The number of aromatic nitrogens is 2. The lowest BCUT2D eigenvalue weighted by Gasteiger charge is -2.35. The van der Waals surface area contributed by atoms with Crippen LogP contribution in [0.25, 0.3) is 5.57 Å². The molecular weight excluding hydrogens is 435 g/mol. The molecule has 5 rings (SSSR count). The summed E-state index contributed by atoms with van der Waals surface area (Å²) >= 11 is 0. The Bertz CT molecular complexity index is 1180. The first-order chi connectivity index (χ1) is 15.7. The maximum absolute atomic E-state index is 13.2. The van der Waals surface area contributed by atoms with E-state index in [0.29, 0.717) is 24.2 Å². The Hall–Kier alpha value is -3.27. The number of amides is 1. The smallest absolute Gasteiger partial charge is 0.354 e. The van der Waals surface area contributed by atoms with Crippen molar-refractivity contribution in [3.05, 3.63) is 58.0 Å². The lowest BCUT2D eigenvalue weighted by atomic mass is 9.88. The summed E-state index contributed by atoms with van der Waals surface area (Å²) in [5.74, 6) is -0.144. The average molecular weight is 457 g/mol. The summed E-state index contributed by atoms with van der Waals surface area (Å²) in [5.41, 5.74) is 2.07. The monoisotopic (exact) mass is 457 g/mol. The molecular formula is C23H22F3N5O2. The zero-order chi connectivity index (χ0) is 23.3. The van der Waals surface area contributed by atoms with E-state index in [0.717, 1.165) is 43.1 Å². The Labute approximate surface area is 188 Å². The van der Waals surface area contributed by atoms with Gasteiger partial charge < -0.3 is 10.2 Å². The molecule has 2 aromatic rings. The van der Waals surface area contributed by atoms with Gasteiger partial charge in [-0.15, -0.1) is 0 Å². The maximum atomic E-state index is 13.2. The van der Waals surface area contributed by atoms with Crippen LogP contribution in [-0.4, -0.2) is 58.9 Å². The molecule has 1 saturated heterocycles. The minimum absolute atomic E-state index is 0.0884. The van der Waals surface area contributed by atoms with Crippen LogP contribution in [0.2, 0.25) is 0 Å². The Morgan fingerprint density at radius 3 is 2.52 bits per heavy atom. The number of pyridine rings is 2. The van der Waals surface area contributed by atoms with Gasteiger partial charge in [-0.2, -0.15) is 13.2 Å². The third kappa shape index (κ3) is 3.99. The summed E-state index contributed by atoms with van der Waals surface area (Å²) in [7, 11) is 0. The molecule has 1 fully saturated rings. The number of ketones is 1. The largest absolute Gasteiger partial charge is 0.420 e. The van der Waals surface area contributed by atoms with E-state index in [1.165, 1.54) is 6.92 Å². The zero-order valence-corrected chi connectivity index (χ0v) is 18.0. The number of carbonyl (C=O) groups excluding carboxylic acids is 2. The number of nitrogens with one attached hydrogen (secondary N) is 1. The van der Waals surface area contributed by atoms with Crippen molar-refractivity contribution in [1.29, 1.82) is 0 Å². The molecule has 0 unspecified atom stereocenters. The van der Waals surface area contributed by atoms with Crippen LogP contribution in [-0.2, 0) is 24.3 Å². The summed E-state index contributed by atoms with van der Waals surface area (Å²) in [6.07, 6.45) is -1.72. The molecule has 0 spiro atoms. The van der Waals surface area contributed by atoms with Gasteiger partial charge in [0.25, 0.3) is 5.91 Å². The number of piperazine rings is 1. The normalized spacial score (nSPS) is 19.0. The first-order valence-electron chi connectivity index (χ1n) is 10.7. The average Bonchev–Trinajstić information content (AvgIpc) is 3.13. The van der Waals surface area contributed by atoms with Crippen LogP contribution in [0.1, 0.15) is 39.7 Å². The molecule has 2 aliphatic heterocycles. The van der Waals surface area contributed by atoms with Crippen molar-refractivity contribution in [3.8, 4) is 0 Å². The van der Waals surface area contributed by atoms with Crippen LogP contribution in [0, 0.1) is 0 Å². The number of anilines is 1. The molecule has 0 radical (unpaired) electrons. The van der Waals surface area contributed by atoms with Gasteiger partial charge in [0.2, 0.25) is 0 Å². The fourth-order valence-corrected chi connectivity index (χ4v) is 4.75. The van der Waals surface area contributed by atoms with Gasteiger partial charge in [0.15, 0.2) is 5.78 Å². The molecule has 0 aromatic carbocycles. The third-order valence-corrected chi connectivity index (χ3v) is 6.43. The summed E-state index contributed by atoms with van der Waals surface area (Å²) in [5, 5.41) is 2.80. The van der Waals surface area contributed by atoms with E-state index in [1.807, 2.05) is 6.07 Å². The molecule has 3 aliphatic rings. The molecule has 1 amide bonds. The molecule has 0 bridgehead atoms. The Balaban J connectivity index is 1.25. The Kier molecular flexibility index (Phi) is 5.19. The summed E-state index contributed by atoms with van der Waals surface area (Å²) < 4.78 is 39.7. The molecule has 7 nitrogen and oxygen atoms in total. The topological polar surface area (TPSA) is 78.4 Å². The van der Waals surface area contributed by atoms with Crippen LogP contribution in [0.4, 0.5) is 19.0 Å². The van der Waals surface area contributed by atoms with E-state index < -0.39 is 17.5 Å². The highest BCUT2D eigenvalue weighted by molar-refractivity contribution is 6.07. The lowest BCUT2D eigenvalue weighted by Crippen LogP contribution is -2.46. The number of alkyl halides is 3. The SMILES string of the molecule is CC1=C(C(F)(F)F)C(=O)Cc2cc(CN3CCN(c4cc5c(cn4)C(=O)NC5)CC3)cnc21. The van der Waals surface area contributed by atoms with Crippen molar-refractivity contribution in [1.82, 2.24) is 20.2 Å². The van der Waals surface area contributed by atoms with Gasteiger partial charge >= 0.3 is 6.18 Å². The number of halogens is 3. The van der Waals surface area contributed by atoms with Crippen molar-refractivity contribution in [2.45, 2.75) is 32.6 Å². The molecule has 0 atom stereocenters. The number of fused-ring (bicyclic) bond motifs is 2. The quantitative estimate of drug-likeness (QED) is 0.763. The Morgan fingerprint density at radius 1 is 1.03 bits per heavy atom. The highest BCUT2D eigenvalue weighted by Gasteiger charge is 2.42. The summed E-state index contributed by atoms with van der Waals surface area (Å²) in [4.78, 5) is 37.0. The van der Waals surface area contributed by atoms with Gasteiger partial charge in [0.05, 0.1) is 11.3 Å². The fourth-order valence-electron chi connectivity index (χ4n) is 4.75. The molecule has 1 aliphatic carbocycles. The molecule has 0 saturated carbocycles. The van der Waals surface area contributed by atoms with E-state index in [-0.39, 0.29) is 23.6 Å². The standard InChI is InChI=1S/C23H22F3N5O2/c1-13-20(23(24,25)26)18(32)7-15-6-14(9-28-21(13)15)12-30-2-4-31(5-3-30)19-8-16-10-29-22(33)17(16)11-27-19/h6,8-9,11H,2-5,7,10,12H2,1H3,(H,29,33). The third-order valence-electron chi connectivity index (χ3n) is 6.43. The summed E-state index contributed by atoms with van der Waals surface area (Å²) in [6.45, 7) is 5.53. The second-order valence-electron chi connectivity index (χ2n) is 8.59. The highest BCUT2D eigenvalue weighted by Crippen LogP contribution is 2.37. The van der Waals surface area contributed by atoms with Crippen molar-refractivity contribution in [3.63, 3.8) is 0 Å². The minimum Gasteiger partial charge on any atom is -0.354 e. The summed E-state index contributed by atoms with van der Waals surface area (Å²) in [6, 6.07) is 3.76. The number of rotatable bonds is 3. The number of allylic oxidation sites excluding steroid dienone is 2. The van der Waals surface area contributed by atoms with Crippen molar-refractivity contribution in [2.75, 3.05) is 31.1 Å². The fraction of sp³-hybridized carbons (Fsp3) is 0.391. The Morgan fingerprint density at radius 2 is 1.79 bits per heavy atom. The van der Waals surface area contributed by atoms with Crippen molar-refractivity contribution < 1.29 is 22.8 Å². The zero-order valence-electron chi connectivity index (χ0n) is 18.0. The van der Waals surface area contributed by atoms with Gasteiger partial charge in [-0.25, -0.2) is 4.98 Å². The molecule has 10 heteroatoms. The van der Waals surface area contributed by atoms with Gasteiger partial charge in [0, 0.05) is 58.1 Å². The number of carbonyl (C=O) groups is 2. The minimum atomic E-state index is -4.67. The first-order valence-corrected chi connectivity index (χ1v) is 10.7. The van der Waals surface area contributed by atoms with E-state index in [1.54, 1.807) is 18.5 Å². The van der Waals surface area contributed by atoms with E-state index >= 15 is 0 Å². The molecule has 172 valence electrons. The van der Waals surface area contributed by atoms with Crippen LogP contribution in [0.15, 0.2) is 30.1 Å². The molecule has 4 heterocycles. The maximum Gasteiger partial charge on any atom is 0.420 e. The number of hydrogen-bond acceptors (Lipinski definition) is 6. The van der Waals surface area contributed by atoms with Crippen LogP contribution >= 0.6 is 0 Å². The molecule has 33 heavy (non-hydrogen) atoms. The van der Waals surface area contributed by atoms with Gasteiger partial charge in [-0.05, 0) is 35.3 Å². The van der Waals surface area contributed by atoms with Crippen molar-refractivity contribution in [2.24, 2.45) is 0 Å². The second-order valence-corrected chi connectivity index (χ2v) is 8.59. The number of hydrogen-bond donors (Lipinski definition) is 1. The van der Waals surface area contributed by atoms with E-state index in [9.17, 15) is 22.8 Å². The van der Waals surface area contributed by atoms with Crippen molar-refractivity contribution >= 4 is 23.1 Å². The number of nitrogens with zero attached hydrogens (tertiary/aromatic N) is 4. The molecule has 1 N–H and O–H groups in total. The predicted molar refractivity (Wildman–Crippen MR) is 114 cm³/mol. The highest BCUT2D eigenvalue weighted by atomic mass is 19.4. The lowest BCUT2D eigenvalue weighted by molar-refractivity contribution is -0.128. The first kappa shape index (κ1) is 21.6. The van der Waals surface area contributed by atoms with Crippen LogP contribution in [0.5, 0.6) is 0 Å². The van der Waals surface area contributed by atoms with Gasteiger partial charge in [-0.1, -0.05) is 6.07 Å². The van der Waals surface area contributed by atoms with E-state index in [2.05, 4.69) is 25.1 Å². The van der Waals surface area contributed by atoms with Crippen LogP contribution < -0.4 is 10.2 Å². The van der Waals surface area contributed by atoms with Crippen LogP contribution in [0.3, 0.4) is 0 Å². The number of Topliss-reactive ketones (excluding diaryl/α,β-unsaturated/α-hetero) is 1. The second kappa shape index (κ2) is 7.95. The van der Waals surface area contributed by atoms with Gasteiger partial charge in [-0.3, -0.25) is 19.5 Å². The molecule has 2 aromatic heterocycles. The van der Waals surface area contributed by atoms with Gasteiger partial charge in [0.1, 0.15) is 11.4 Å². The predicted octanol–water partition coefficient (Wildman–Crippen LogP) is 2.50.